The zero-order valence-electron chi connectivity index (χ0n) is 22.3. The first kappa shape index (κ1) is 27.4. The molecule has 4 heterocycles. The third kappa shape index (κ3) is 4.73. The topological polar surface area (TPSA) is 112 Å². The Balaban J connectivity index is 1.31. The van der Waals surface area contributed by atoms with Crippen LogP contribution in [0.25, 0.3) is 11.0 Å². The van der Waals surface area contributed by atoms with Gasteiger partial charge in [-0.2, -0.15) is 13.2 Å². The molecule has 2 aromatic heterocycles. The number of aromatic nitrogens is 2. The minimum absolute atomic E-state index is 0.0193. The van der Waals surface area contributed by atoms with Crippen LogP contribution >= 0.6 is 0 Å². The number of carbonyl (C=O) groups is 2. The van der Waals surface area contributed by atoms with E-state index >= 15 is 0 Å². The van der Waals surface area contributed by atoms with E-state index in [0.29, 0.717) is 23.5 Å². The van der Waals surface area contributed by atoms with Gasteiger partial charge in [-0.25, -0.2) is 19.6 Å². The molecule has 2 fully saturated rings. The Kier molecular flexibility index (Phi) is 6.92. The van der Waals surface area contributed by atoms with E-state index in [2.05, 4.69) is 20.2 Å². The van der Waals surface area contributed by atoms with Gasteiger partial charge in [-0.1, -0.05) is 0 Å². The molecule has 1 aromatic carbocycles. The van der Waals surface area contributed by atoms with Gasteiger partial charge in [0.15, 0.2) is 0 Å². The fourth-order valence-corrected chi connectivity index (χ4v) is 5.45. The summed E-state index contributed by atoms with van der Waals surface area (Å²) >= 11 is 0. The average Bonchev–Trinajstić information content (AvgIpc) is 3.44. The molecule has 212 valence electrons. The molecule has 2 aliphatic heterocycles. The molecule has 3 amide bonds. The lowest BCUT2D eigenvalue weighted by atomic mass is 9.98. The lowest BCUT2D eigenvalue weighted by Gasteiger charge is -2.22. The number of imide groups is 1. The van der Waals surface area contributed by atoms with Crippen molar-refractivity contribution in [2.75, 3.05) is 42.5 Å². The molecule has 5 rings (SSSR count). The van der Waals surface area contributed by atoms with Crippen molar-refractivity contribution in [1.29, 1.82) is 0 Å². The van der Waals surface area contributed by atoms with Crippen molar-refractivity contribution in [1.82, 2.24) is 20.2 Å². The van der Waals surface area contributed by atoms with Gasteiger partial charge in [0.05, 0.1) is 12.1 Å². The first-order valence-corrected chi connectivity index (χ1v) is 13.1. The summed E-state index contributed by atoms with van der Waals surface area (Å²) in [4.78, 5) is 51.5. The van der Waals surface area contributed by atoms with Crippen LogP contribution in [0, 0.1) is 6.92 Å². The standard InChI is InChI=1S/C27H29F3N6O4/c1-4-34(5-2)18-6-7-19-16(3)20(22(37)40-21(19)12-18)8-10-36-23(38)26(33-25(36)39)9-11-35(15-26)24-31-13-17(14-32-24)27(28,29)30/h6-7,12-14H,4-5,8-11,15H2,1-3H3,(H,33,39). The van der Waals surface area contributed by atoms with Crippen LogP contribution in [0.5, 0.6) is 0 Å². The van der Waals surface area contributed by atoms with Crippen LogP contribution in [0.1, 0.15) is 37.0 Å². The summed E-state index contributed by atoms with van der Waals surface area (Å²) in [6, 6.07) is 5.13. The van der Waals surface area contributed by atoms with Crippen LogP contribution in [-0.4, -0.2) is 65.1 Å². The summed E-state index contributed by atoms with van der Waals surface area (Å²) in [6.07, 6.45) is -2.82. The highest BCUT2D eigenvalue weighted by Gasteiger charge is 2.55. The SMILES string of the molecule is CCN(CC)c1ccc2c(C)c(CCN3C(=O)NC4(CCN(c5ncc(C(F)(F)F)cn5)C4)C3=O)c(=O)oc2c1. The number of aryl methyl sites for hydroxylation is 1. The Morgan fingerprint density at radius 2 is 1.82 bits per heavy atom. The third-order valence-electron chi connectivity index (χ3n) is 7.75. The fourth-order valence-electron chi connectivity index (χ4n) is 5.45. The van der Waals surface area contributed by atoms with Crippen molar-refractivity contribution in [3.63, 3.8) is 0 Å². The minimum atomic E-state index is -4.56. The van der Waals surface area contributed by atoms with E-state index < -0.39 is 34.8 Å². The van der Waals surface area contributed by atoms with E-state index in [0.717, 1.165) is 34.6 Å². The van der Waals surface area contributed by atoms with Crippen LogP contribution in [0.2, 0.25) is 0 Å². The first-order chi connectivity index (χ1) is 19.0. The molecule has 0 bridgehead atoms. The third-order valence-corrected chi connectivity index (χ3v) is 7.75. The minimum Gasteiger partial charge on any atom is -0.422 e. The molecule has 1 unspecified atom stereocenters. The molecule has 40 heavy (non-hydrogen) atoms. The van der Waals surface area contributed by atoms with Gasteiger partial charge >= 0.3 is 17.8 Å². The lowest BCUT2D eigenvalue weighted by Crippen LogP contribution is -2.49. The van der Waals surface area contributed by atoms with Gasteiger partial charge in [0.25, 0.3) is 5.91 Å². The van der Waals surface area contributed by atoms with Gasteiger partial charge in [-0.05, 0) is 51.3 Å². The molecule has 13 heteroatoms. The second kappa shape index (κ2) is 10.1. The van der Waals surface area contributed by atoms with Gasteiger partial charge in [0, 0.05) is 61.3 Å². The van der Waals surface area contributed by atoms with Crippen molar-refractivity contribution < 1.29 is 27.2 Å². The van der Waals surface area contributed by atoms with E-state index in [4.69, 9.17) is 4.42 Å². The van der Waals surface area contributed by atoms with Crippen molar-refractivity contribution >= 4 is 34.5 Å². The summed E-state index contributed by atoms with van der Waals surface area (Å²) in [5, 5.41) is 3.52. The normalized spacial score (nSPS) is 19.2. The maximum atomic E-state index is 13.4. The van der Waals surface area contributed by atoms with Crippen molar-refractivity contribution in [2.45, 2.75) is 45.3 Å². The molecule has 1 spiro atoms. The molecule has 0 saturated carbocycles. The summed E-state index contributed by atoms with van der Waals surface area (Å²) in [5.74, 6) is -0.419. The van der Waals surface area contributed by atoms with Crippen molar-refractivity contribution in [2.24, 2.45) is 0 Å². The lowest BCUT2D eigenvalue weighted by molar-refractivity contribution is -0.138. The molecule has 1 atom stereocenters. The smallest absolute Gasteiger partial charge is 0.419 e. The number of rotatable bonds is 7. The Morgan fingerprint density at radius 1 is 1.12 bits per heavy atom. The Hall–Kier alpha value is -4.16. The van der Waals surface area contributed by atoms with E-state index in [9.17, 15) is 27.6 Å². The van der Waals surface area contributed by atoms with Gasteiger partial charge in [0.2, 0.25) is 5.95 Å². The van der Waals surface area contributed by atoms with Gasteiger partial charge in [-0.15, -0.1) is 0 Å². The zero-order valence-corrected chi connectivity index (χ0v) is 22.3. The molecule has 2 aliphatic rings. The number of halogens is 3. The average molecular weight is 559 g/mol. The van der Waals surface area contributed by atoms with E-state index in [1.165, 1.54) is 0 Å². The number of nitrogens with zero attached hydrogens (tertiary/aromatic N) is 5. The molecule has 1 N–H and O–H groups in total. The summed E-state index contributed by atoms with van der Waals surface area (Å²) in [5.41, 5.74) is -0.200. The highest BCUT2D eigenvalue weighted by molar-refractivity contribution is 6.07. The molecule has 0 radical (unpaired) electrons. The number of hydrogen-bond donors (Lipinski definition) is 1. The Labute approximate surface area is 227 Å². The highest BCUT2D eigenvalue weighted by Crippen LogP contribution is 2.33. The predicted octanol–water partition coefficient (Wildman–Crippen LogP) is 3.50. The number of fused-ring (bicyclic) bond motifs is 1. The monoisotopic (exact) mass is 558 g/mol. The zero-order chi connectivity index (χ0) is 28.8. The Morgan fingerprint density at radius 3 is 2.48 bits per heavy atom. The van der Waals surface area contributed by atoms with Crippen LogP contribution in [0.4, 0.5) is 29.6 Å². The number of urea groups is 1. The van der Waals surface area contributed by atoms with E-state index in [-0.39, 0.29) is 38.4 Å². The largest absolute Gasteiger partial charge is 0.422 e. The van der Waals surface area contributed by atoms with Crippen LogP contribution in [0.3, 0.4) is 0 Å². The molecular formula is C27H29F3N6O4. The number of anilines is 2. The first-order valence-electron chi connectivity index (χ1n) is 13.1. The van der Waals surface area contributed by atoms with E-state index in [1.807, 2.05) is 39.0 Å². The highest BCUT2D eigenvalue weighted by atomic mass is 19.4. The fraction of sp³-hybridized carbons (Fsp3) is 0.444. The second-order valence-corrected chi connectivity index (χ2v) is 10.0. The number of amides is 3. The van der Waals surface area contributed by atoms with Crippen molar-refractivity contribution in [3.05, 3.63) is 57.7 Å². The second-order valence-electron chi connectivity index (χ2n) is 10.0. The summed E-state index contributed by atoms with van der Waals surface area (Å²) in [7, 11) is 0. The Bertz CT molecular complexity index is 1520. The van der Waals surface area contributed by atoms with Gasteiger partial charge in [-0.3, -0.25) is 9.69 Å². The van der Waals surface area contributed by atoms with Crippen LogP contribution in [-0.2, 0) is 17.4 Å². The van der Waals surface area contributed by atoms with Gasteiger partial charge in [0.1, 0.15) is 11.1 Å². The molecule has 0 aliphatic carbocycles. The number of benzene rings is 1. The molecule has 2 saturated heterocycles. The summed E-state index contributed by atoms with van der Waals surface area (Å²) in [6.45, 7) is 7.79. The van der Waals surface area contributed by atoms with Crippen molar-refractivity contribution in [3.8, 4) is 0 Å². The number of nitrogens with one attached hydrogen (secondary N) is 1. The maximum absolute atomic E-state index is 13.4. The molecular weight excluding hydrogens is 529 g/mol. The quantitative estimate of drug-likeness (QED) is 0.347. The molecule has 3 aromatic rings. The maximum Gasteiger partial charge on any atom is 0.419 e. The van der Waals surface area contributed by atoms with Crippen LogP contribution < -0.4 is 20.7 Å². The molecule has 10 nitrogen and oxygen atoms in total. The number of carbonyl (C=O) groups excluding carboxylic acids is 2. The number of alkyl halides is 3. The van der Waals surface area contributed by atoms with Gasteiger partial charge < -0.3 is 19.5 Å². The predicted molar refractivity (Wildman–Crippen MR) is 141 cm³/mol. The van der Waals surface area contributed by atoms with Crippen LogP contribution in [0.15, 0.2) is 39.8 Å². The summed E-state index contributed by atoms with van der Waals surface area (Å²) < 4.78 is 44.2. The number of hydrogen-bond acceptors (Lipinski definition) is 8. The van der Waals surface area contributed by atoms with E-state index in [1.54, 1.807) is 4.90 Å².